The molecule has 0 unspecified atom stereocenters. The molecule has 244 valence electrons. The van der Waals surface area contributed by atoms with Crippen LogP contribution in [0.2, 0.25) is 0 Å². The summed E-state index contributed by atoms with van der Waals surface area (Å²) in [4.78, 5) is 2.40. The third kappa shape index (κ3) is 4.45. The third-order valence-electron chi connectivity index (χ3n) is 10.3. The summed E-state index contributed by atoms with van der Waals surface area (Å²) in [6.07, 6.45) is 0. The Bertz CT molecular complexity index is 3130. The average Bonchev–Trinajstić information content (AvgIpc) is 3.90. The van der Waals surface area contributed by atoms with Gasteiger partial charge in [0.05, 0.1) is 11.1 Å². The molecule has 0 aliphatic carbocycles. The highest BCUT2D eigenvalue weighted by molar-refractivity contribution is 7.26. The number of benzene rings is 8. The molecular formula is C48H29NO2S. The topological polar surface area (TPSA) is 29.5 Å². The van der Waals surface area contributed by atoms with Crippen molar-refractivity contribution < 1.29 is 8.83 Å². The fourth-order valence-corrected chi connectivity index (χ4v) is 9.05. The second-order valence-corrected chi connectivity index (χ2v) is 14.3. The van der Waals surface area contributed by atoms with Crippen LogP contribution in [-0.2, 0) is 0 Å². The fraction of sp³-hybridized carbons (Fsp3) is 0. The van der Waals surface area contributed by atoms with Crippen molar-refractivity contribution in [3.8, 4) is 22.3 Å². The molecule has 0 atom stereocenters. The first-order valence-corrected chi connectivity index (χ1v) is 18.3. The molecule has 11 rings (SSSR count). The van der Waals surface area contributed by atoms with Crippen LogP contribution in [0.3, 0.4) is 0 Å². The SMILES string of the molecule is c1ccc(-c2ccc(N(c3ccc4oc5ccccc5c4c3)c3ccc4sc5cccc(-c6ccccc6)c5c4c3)c3c2oc2ccccc23)cc1. The van der Waals surface area contributed by atoms with Crippen LogP contribution < -0.4 is 4.90 Å². The molecule has 0 fully saturated rings. The highest BCUT2D eigenvalue weighted by atomic mass is 32.1. The minimum absolute atomic E-state index is 0.866. The fourth-order valence-electron chi connectivity index (χ4n) is 7.93. The maximum Gasteiger partial charge on any atom is 0.145 e. The number of hydrogen-bond donors (Lipinski definition) is 0. The van der Waals surface area contributed by atoms with Gasteiger partial charge >= 0.3 is 0 Å². The van der Waals surface area contributed by atoms with Crippen LogP contribution in [0, 0.1) is 0 Å². The number of para-hydroxylation sites is 2. The second-order valence-electron chi connectivity index (χ2n) is 13.2. The number of rotatable bonds is 5. The van der Waals surface area contributed by atoms with E-state index in [1.165, 1.54) is 31.3 Å². The lowest BCUT2D eigenvalue weighted by Gasteiger charge is -2.27. The molecule has 0 aliphatic heterocycles. The number of furan rings is 2. The van der Waals surface area contributed by atoms with Crippen LogP contribution >= 0.6 is 11.3 Å². The van der Waals surface area contributed by atoms with E-state index in [4.69, 9.17) is 8.83 Å². The molecule has 0 N–H and O–H groups in total. The standard InChI is InChI=1S/C48H29NO2S/c1-3-12-30(13-4-1)34-18-11-21-45-46(34)39-29-33(23-27-44(39)52-45)49(32-22-26-43-38(28-32)36-16-7-9-19-41(36)50-43)40-25-24-35(31-14-5-2-6-15-31)48-47(40)37-17-8-10-20-42(37)51-48/h1-29H. The molecule has 0 bridgehead atoms. The lowest BCUT2D eigenvalue weighted by molar-refractivity contribution is 0.669. The first kappa shape index (κ1) is 29.1. The Balaban J connectivity index is 1.23. The number of nitrogens with zero attached hydrogens (tertiary/aromatic N) is 1. The van der Waals surface area contributed by atoms with Crippen LogP contribution in [0.1, 0.15) is 0 Å². The van der Waals surface area contributed by atoms with Gasteiger partial charge < -0.3 is 13.7 Å². The Labute approximate surface area is 303 Å². The van der Waals surface area contributed by atoms with Gasteiger partial charge in [-0.25, -0.2) is 0 Å². The Hall–Kier alpha value is -6.62. The lowest BCUT2D eigenvalue weighted by Crippen LogP contribution is -2.10. The van der Waals surface area contributed by atoms with Crippen LogP contribution in [0.4, 0.5) is 17.1 Å². The van der Waals surface area contributed by atoms with Crippen LogP contribution in [-0.4, -0.2) is 0 Å². The molecule has 0 spiro atoms. The number of anilines is 3. The molecule has 3 heterocycles. The molecule has 52 heavy (non-hydrogen) atoms. The van der Waals surface area contributed by atoms with Gasteiger partial charge in [-0.05, 0) is 83.4 Å². The van der Waals surface area contributed by atoms with Crippen molar-refractivity contribution in [2.24, 2.45) is 0 Å². The summed E-state index contributed by atoms with van der Waals surface area (Å²) in [5.74, 6) is 0. The Morgan fingerprint density at radius 1 is 0.385 bits per heavy atom. The zero-order chi connectivity index (χ0) is 34.2. The molecule has 3 aromatic heterocycles. The molecule has 11 aromatic rings. The summed E-state index contributed by atoms with van der Waals surface area (Å²) >= 11 is 1.85. The van der Waals surface area contributed by atoms with Crippen molar-refractivity contribution in [1.29, 1.82) is 0 Å². The predicted octanol–water partition coefficient (Wildman–Crippen LogP) is 14.7. The summed E-state index contributed by atoms with van der Waals surface area (Å²) in [7, 11) is 0. The van der Waals surface area contributed by atoms with Crippen molar-refractivity contribution in [2.45, 2.75) is 0 Å². The number of thiophene rings is 1. The van der Waals surface area contributed by atoms with E-state index >= 15 is 0 Å². The second kappa shape index (κ2) is 11.5. The Kier molecular flexibility index (Phi) is 6.42. The molecule has 0 saturated heterocycles. The average molecular weight is 684 g/mol. The molecule has 0 aliphatic rings. The van der Waals surface area contributed by atoms with Gasteiger partial charge in [0.25, 0.3) is 0 Å². The van der Waals surface area contributed by atoms with Crippen molar-refractivity contribution >= 4 is 92.4 Å². The van der Waals surface area contributed by atoms with E-state index < -0.39 is 0 Å². The molecule has 3 nitrogen and oxygen atoms in total. The molecular weight excluding hydrogens is 655 g/mol. The summed E-state index contributed by atoms with van der Waals surface area (Å²) in [5.41, 5.74) is 11.3. The quantitative estimate of drug-likeness (QED) is 0.181. The first-order chi connectivity index (χ1) is 25.8. The van der Waals surface area contributed by atoms with Gasteiger partial charge in [-0.15, -0.1) is 11.3 Å². The zero-order valence-corrected chi connectivity index (χ0v) is 28.7. The first-order valence-electron chi connectivity index (χ1n) is 17.5. The zero-order valence-electron chi connectivity index (χ0n) is 27.9. The van der Waals surface area contributed by atoms with Crippen molar-refractivity contribution in [2.75, 3.05) is 4.90 Å². The van der Waals surface area contributed by atoms with Gasteiger partial charge in [-0.2, -0.15) is 0 Å². The van der Waals surface area contributed by atoms with E-state index in [1.807, 2.05) is 29.5 Å². The Morgan fingerprint density at radius 3 is 1.81 bits per heavy atom. The summed E-state index contributed by atoms with van der Waals surface area (Å²) in [5, 5.41) is 6.87. The van der Waals surface area contributed by atoms with Gasteiger partial charge in [-0.1, -0.05) is 109 Å². The van der Waals surface area contributed by atoms with E-state index in [0.717, 1.165) is 72.1 Å². The monoisotopic (exact) mass is 683 g/mol. The van der Waals surface area contributed by atoms with Gasteiger partial charge in [0, 0.05) is 53.3 Å². The maximum absolute atomic E-state index is 6.76. The molecule has 0 saturated carbocycles. The third-order valence-corrected chi connectivity index (χ3v) is 11.4. The molecule has 8 aromatic carbocycles. The molecule has 4 heteroatoms. The Morgan fingerprint density at radius 2 is 1.02 bits per heavy atom. The summed E-state index contributed by atoms with van der Waals surface area (Å²) < 4.78 is 15.6. The van der Waals surface area contributed by atoms with Gasteiger partial charge in [0.1, 0.15) is 22.3 Å². The van der Waals surface area contributed by atoms with Gasteiger partial charge in [0.2, 0.25) is 0 Å². The normalized spacial score (nSPS) is 11.8. The predicted molar refractivity (Wildman–Crippen MR) is 219 cm³/mol. The highest BCUT2D eigenvalue weighted by Gasteiger charge is 2.24. The van der Waals surface area contributed by atoms with E-state index in [-0.39, 0.29) is 0 Å². The van der Waals surface area contributed by atoms with E-state index in [9.17, 15) is 0 Å². The van der Waals surface area contributed by atoms with Crippen molar-refractivity contribution in [3.63, 3.8) is 0 Å². The largest absolute Gasteiger partial charge is 0.456 e. The molecule has 0 radical (unpaired) electrons. The van der Waals surface area contributed by atoms with Crippen molar-refractivity contribution in [1.82, 2.24) is 0 Å². The van der Waals surface area contributed by atoms with Gasteiger partial charge in [-0.3, -0.25) is 0 Å². The maximum atomic E-state index is 6.76. The molecule has 0 amide bonds. The lowest BCUT2D eigenvalue weighted by atomic mass is 9.98. The van der Waals surface area contributed by atoms with Gasteiger partial charge in [0.15, 0.2) is 0 Å². The minimum Gasteiger partial charge on any atom is -0.456 e. The van der Waals surface area contributed by atoms with E-state index in [1.54, 1.807) is 0 Å². The van der Waals surface area contributed by atoms with Crippen molar-refractivity contribution in [3.05, 3.63) is 176 Å². The minimum atomic E-state index is 0.866. The van der Waals surface area contributed by atoms with Crippen LogP contribution in [0.25, 0.3) is 86.3 Å². The van der Waals surface area contributed by atoms with E-state index in [0.29, 0.717) is 0 Å². The summed E-state index contributed by atoms with van der Waals surface area (Å²) in [6, 6.07) is 62.5. The summed E-state index contributed by atoms with van der Waals surface area (Å²) in [6.45, 7) is 0. The highest BCUT2D eigenvalue weighted by Crippen LogP contribution is 2.49. The van der Waals surface area contributed by atoms with Crippen LogP contribution in [0.15, 0.2) is 185 Å². The van der Waals surface area contributed by atoms with E-state index in [2.05, 4.69) is 163 Å². The number of fused-ring (bicyclic) bond motifs is 9. The number of hydrogen-bond acceptors (Lipinski definition) is 4. The smallest absolute Gasteiger partial charge is 0.145 e. The van der Waals surface area contributed by atoms with Crippen LogP contribution in [0.5, 0.6) is 0 Å².